The minimum atomic E-state index is -0.882. The number of primary amides is 1. The van der Waals surface area contributed by atoms with Crippen LogP contribution in [0.1, 0.15) is 10.4 Å². The van der Waals surface area contributed by atoms with Crippen molar-refractivity contribution < 1.29 is 9.59 Å². The Morgan fingerprint density at radius 2 is 2.00 bits per heavy atom. The van der Waals surface area contributed by atoms with Crippen LogP contribution in [-0.2, 0) is 0 Å². The standard InChI is InChI=1S/C8H8IN3O2/c9-5-2-1-4(3-6(5)10)7(13)12-8(11)14/h1-3H,10H2,(H3,11,12,13,14). The molecular weight excluding hydrogens is 297 g/mol. The van der Waals surface area contributed by atoms with Gasteiger partial charge in [0.2, 0.25) is 0 Å². The highest BCUT2D eigenvalue weighted by Gasteiger charge is 2.08. The Morgan fingerprint density at radius 3 is 2.50 bits per heavy atom. The van der Waals surface area contributed by atoms with E-state index in [1.54, 1.807) is 12.1 Å². The van der Waals surface area contributed by atoms with Crippen LogP contribution in [0, 0.1) is 3.57 Å². The average Bonchev–Trinajstić information content (AvgIpc) is 2.08. The molecule has 0 aliphatic heterocycles. The summed E-state index contributed by atoms with van der Waals surface area (Å²) >= 11 is 2.04. The number of nitrogens with one attached hydrogen (secondary N) is 1. The zero-order valence-corrected chi connectivity index (χ0v) is 9.24. The fraction of sp³-hybridized carbons (Fsp3) is 0. The molecule has 0 saturated carbocycles. The Balaban J connectivity index is 2.91. The van der Waals surface area contributed by atoms with Crippen molar-refractivity contribution in [3.05, 3.63) is 27.3 Å². The maximum Gasteiger partial charge on any atom is 0.319 e. The number of imide groups is 1. The van der Waals surface area contributed by atoms with Crippen LogP contribution in [0.4, 0.5) is 10.5 Å². The molecule has 0 saturated heterocycles. The zero-order valence-electron chi connectivity index (χ0n) is 7.08. The van der Waals surface area contributed by atoms with Gasteiger partial charge >= 0.3 is 6.03 Å². The Morgan fingerprint density at radius 1 is 1.36 bits per heavy atom. The van der Waals surface area contributed by atoms with Crippen molar-refractivity contribution in [1.82, 2.24) is 5.32 Å². The first-order valence-electron chi connectivity index (χ1n) is 3.66. The van der Waals surface area contributed by atoms with Crippen molar-refractivity contribution in [1.29, 1.82) is 0 Å². The number of urea groups is 1. The Bertz CT molecular complexity index is 392. The van der Waals surface area contributed by atoms with E-state index in [4.69, 9.17) is 11.5 Å². The third-order valence-electron chi connectivity index (χ3n) is 1.49. The molecule has 0 aliphatic carbocycles. The third kappa shape index (κ3) is 2.59. The molecule has 3 amide bonds. The second kappa shape index (κ2) is 4.27. The van der Waals surface area contributed by atoms with Crippen molar-refractivity contribution in [3.63, 3.8) is 0 Å². The summed E-state index contributed by atoms with van der Waals surface area (Å²) < 4.78 is 0.846. The van der Waals surface area contributed by atoms with E-state index in [-0.39, 0.29) is 0 Å². The number of anilines is 1. The van der Waals surface area contributed by atoms with Gasteiger partial charge in [0, 0.05) is 14.8 Å². The molecular formula is C8H8IN3O2. The first-order chi connectivity index (χ1) is 6.50. The molecule has 74 valence electrons. The first kappa shape index (κ1) is 10.8. The monoisotopic (exact) mass is 305 g/mol. The predicted octanol–water partition coefficient (Wildman–Crippen LogP) is 0.682. The summed E-state index contributed by atoms with van der Waals surface area (Å²) in [6, 6.07) is 3.86. The number of benzene rings is 1. The van der Waals surface area contributed by atoms with E-state index in [0.29, 0.717) is 11.3 Å². The van der Waals surface area contributed by atoms with Gasteiger partial charge in [-0.3, -0.25) is 10.1 Å². The lowest BCUT2D eigenvalue weighted by Gasteiger charge is -2.03. The number of hydrogen-bond donors (Lipinski definition) is 3. The van der Waals surface area contributed by atoms with Gasteiger partial charge in [0.25, 0.3) is 5.91 Å². The summed E-state index contributed by atoms with van der Waals surface area (Å²) in [6.07, 6.45) is 0. The summed E-state index contributed by atoms with van der Waals surface area (Å²) in [6.45, 7) is 0. The molecule has 14 heavy (non-hydrogen) atoms. The van der Waals surface area contributed by atoms with Gasteiger partial charge in [0.1, 0.15) is 0 Å². The minimum Gasteiger partial charge on any atom is -0.398 e. The molecule has 0 bridgehead atoms. The van der Waals surface area contributed by atoms with E-state index in [0.717, 1.165) is 3.57 Å². The van der Waals surface area contributed by atoms with Crippen LogP contribution in [0.3, 0.4) is 0 Å². The van der Waals surface area contributed by atoms with Gasteiger partial charge in [0.15, 0.2) is 0 Å². The van der Waals surface area contributed by atoms with Crippen LogP contribution in [-0.4, -0.2) is 11.9 Å². The summed E-state index contributed by atoms with van der Waals surface area (Å²) in [5, 5.41) is 1.95. The molecule has 0 aliphatic rings. The number of hydrogen-bond acceptors (Lipinski definition) is 3. The van der Waals surface area contributed by atoms with Crippen molar-refractivity contribution in [2.24, 2.45) is 5.73 Å². The lowest BCUT2D eigenvalue weighted by atomic mass is 10.2. The Labute approximate surface area is 94.0 Å². The van der Waals surface area contributed by atoms with E-state index in [1.165, 1.54) is 6.07 Å². The van der Waals surface area contributed by atoms with E-state index in [9.17, 15) is 9.59 Å². The van der Waals surface area contributed by atoms with Crippen LogP contribution >= 0.6 is 22.6 Å². The number of nitrogen functional groups attached to an aromatic ring is 1. The highest BCUT2D eigenvalue weighted by atomic mass is 127. The maximum absolute atomic E-state index is 11.2. The van der Waals surface area contributed by atoms with Crippen molar-refractivity contribution in [2.75, 3.05) is 5.73 Å². The highest BCUT2D eigenvalue weighted by Crippen LogP contribution is 2.15. The van der Waals surface area contributed by atoms with Gasteiger partial charge < -0.3 is 11.5 Å². The first-order valence-corrected chi connectivity index (χ1v) is 4.74. The molecule has 0 spiro atoms. The molecule has 0 fully saturated rings. The fourth-order valence-corrected chi connectivity index (χ4v) is 1.20. The van der Waals surface area contributed by atoms with E-state index < -0.39 is 11.9 Å². The topological polar surface area (TPSA) is 98.2 Å². The zero-order chi connectivity index (χ0) is 10.7. The molecule has 0 aromatic heterocycles. The second-order valence-electron chi connectivity index (χ2n) is 2.55. The molecule has 0 heterocycles. The predicted molar refractivity (Wildman–Crippen MR) is 60.6 cm³/mol. The summed E-state index contributed by atoms with van der Waals surface area (Å²) in [5.74, 6) is -0.555. The van der Waals surface area contributed by atoms with Crippen molar-refractivity contribution >= 4 is 40.2 Å². The van der Waals surface area contributed by atoms with Crippen LogP contribution < -0.4 is 16.8 Å². The van der Waals surface area contributed by atoms with Gasteiger partial charge in [-0.15, -0.1) is 0 Å². The Kier molecular flexibility index (Phi) is 3.28. The molecule has 5 N–H and O–H groups in total. The molecule has 1 aromatic carbocycles. The molecule has 6 heteroatoms. The Hall–Kier alpha value is -1.31. The molecule has 0 unspecified atom stereocenters. The molecule has 0 radical (unpaired) electrons. The van der Waals surface area contributed by atoms with Gasteiger partial charge in [-0.05, 0) is 40.8 Å². The van der Waals surface area contributed by atoms with Crippen molar-refractivity contribution in [3.8, 4) is 0 Å². The molecule has 1 aromatic rings. The number of carbonyl (C=O) groups is 2. The van der Waals surface area contributed by atoms with Gasteiger partial charge in [-0.1, -0.05) is 0 Å². The van der Waals surface area contributed by atoms with Gasteiger partial charge in [0.05, 0.1) is 0 Å². The van der Waals surface area contributed by atoms with Crippen LogP contribution in [0.25, 0.3) is 0 Å². The van der Waals surface area contributed by atoms with Gasteiger partial charge in [-0.25, -0.2) is 4.79 Å². The van der Waals surface area contributed by atoms with Crippen molar-refractivity contribution in [2.45, 2.75) is 0 Å². The molecule has 1 rings (SSSR count). The smallest absolute Gasteiger partial charge is 0.319 e. The number of halogens is 1. The lowest BCUT2D eigenvalue weighted by Crippen LogP contribution is -2.34. The van der Waals surface area contributed by atoms with Crippen LogP contribution in [0.5, 0.6) is 0 Å². The molecule has 5 nitrogen and oxygen atoms in total. The van der Waals surface area contributed by atoms with E-state index in [1.807, 2.05) is 27.9 Å². The largest absolute Gasteiger partial charge is 0.398 e. The van der Waals surface area contributed by atoms with Crippen LogP contribution in [0.2, 0.25) is 0 Å². The second-order valence-corrected chi connectivity index (χ2v) is 3.72. The third-order valence-corrected chi connectivity index (χ3v) is 2.48. The highest BCUT2D eigenvalue weighted by molar-refractivity contribution is 14.1. The number of amides is 3. The summed E-state index contributed by atoms with van der Waals surface area (Å²) in [4.78, 5) is 21.6. The summed E-state index contributed by atoms with van der Waals surface area (Å²) in [5.41, 5.74) is 11.2. The average molecular weight is 305 g/mol. The van der Waals surface area contributed by atoms with E-state index >= 15 is 0 Å². The summed E-state index contributed by atoms with van der Waals surface area (Å²) in [7, 11) is 0. The lowest BCUT2D eigenvalue weighted by molar-refractivity contribution is 0.0966. The maximum atomic E-state index is 11.2. The van der Waals surface area contributed by atoms with Gasteiger partial charge in [-0.2, -0.15) is 0 Å². The fourth-order valence-electron chi connectivity index (χ4n) is 0.869. The van der Waals surface area contributed by atoms with E-state index in [2.05, 4.69) is 0 Å². The number of rotatable bonds is 1. The van der Waals surface area contributed by atoms with Crippen LogP contribution in [0.15, 0.2) is 18.2 Å². The molecule has 0 atom stereocenters. The quantitative estimate of drug-likeness (QED) is 0.525. The number of carbonyl (C=O) groups excluding carboxylic acids is 2. The SMILES string of the molecule is NC(=O)NC(=O)c1ccc(I)c(N)c1. The normalized spacial score (nSPS) is 9.50. The number of nitrogens with two attached hydrogens (primary N) is 2. The minimum absolute atomic E-state index is 0.307.